The minimum absolute atomic E-state index is 0.309. The van der Waals surface area contributed by atoms with E-state index in [1.54, 1.807) is 12.1 Å². The van der Waals surface area contributed by atoms with Gasteiger partial charge in [0.25, 0.3) is 0 Å². The maximum Gasteiger partial charge on any atom is 0.335 e. The van der Waals surface area contributed by atoms with Crippen LogP contribution in [-0.4, -0.2) is 17.7 Å². The molecule has 0 bridgehead atoms. The van der Waals surface area contributed by atoms with Gasteiger partial charge in [0.15, 0.2) is 0 Å². The van der Waals surface area contributed by atoms with Crippen LogP contribution in [-0.2, 0) is 13.1 Å². The Labute approximate surface area is 137 Å². The molecule has 0 atom stereocenters. The van der Waals surface area contributed by atoms with Crippen LogP contribution in [0.3, 0.4) is 0 Å². The Morgan fingerprint density at radius 3 is 2.43 bits per heavy atom. The molecule has 0 spiro atoms. The Balaban J connectivity index is 1.83. The molecule has 0 amide bonds. The number of hydrogen-bond donors (Lipinski definition) is 2. The zero-order chi connectivity index (χ0) is 16.7. The van der Waals surface area contributed by atoms with Crippen LogP contribution in [0.4, 0.5) is 0 Å². The number of hydrogen-bond acceptors (Lipinski definition) is 3. The van der Waals surface area contributed by atoms with Gasteiger partial charge >= 0.3 is 5.97 Å². The highest BCUT2D eigenvalue weighted by Crippen LogP contribution is 2.14. The maximum absolute atomic E-state index is 10.8. The monoisotopic (exact) mass is 313 g/mol. The summed E-state index contributed by atoms with van der Waals surface area (Å²) in [6, 6.07) is 15.0. The highest BCUT2D eigenvalue weighted by molar-refractivity contribution is 5.87. The lowest BCUT2D eigenvalue weighted by Crippen LogP contribution is -2.13. The lowest BCUT2D eigenvalue weighted by molar-refractivity contribution is 0.0697. The van der Waals surface area contributed by atoms with Crippen LogP contribution in [0.25, 0.3) is 0 Å². The fourth-order valence-electron chi connectivity index (χ4n) is 2.12. The van der Waals surface area contributed by atoms with E-state index in [0.29, 0.717) is 24.6 Å². The molecule has 0 saturated heterocycles. The van der Waals surface area contributed by atoms with Crippen LogP contribution < -0.4 is 10.1 Å². The molecular formula is C19H23NO3. The van der Waals surface area contributed by atoms with Crippen molar-refractivity contribution in [2.24, 2.45) is 5.92 Å². The van der Waals surface area contributed by atoms with Crippen molar-refractivity contribution in [3.05, 3.63) is 65.2 Å². The zero-order valence-electron chi connectivity index (χ0n) is 13.6. The van der Waals surface area contributed by atoms with Crippen molar-refractivity contribution in [3.8, 4) is 5.75 Å². The molecule has 4 heteroatoms. The minimum Gasteiger partial charge on any atom is -0.493 e. The quantitative estimate of drug-likeness (QED) is 0.780. The Kier molecular flexibility index (Phi) is 6.18. The summed E-state index contributed by atoms with van der Waals surface area (Å²) in [5, 5.41) is 12.2. The fourth-order valence-corrected chi connectivity index (χ4v) is 2.12. The van der Waals surface area contributed by atoms with Gasteiger partial charge < -0.3 is 15.2 Å². The highest BCUT2D eigenvalue weighted by Gasteiger charge is 2.02. The third-order valence-corrected chi connectivity index (χ3v) is 3.34. The first-order valence-corrected chi connectivity index (χ1v) is 7.79. The molecule has 0 heterocycles. The number of carbonyl (C=O) groups is 1. The molecule has 0 aliphatic heterocycles. The topological polar surface area (TPSA) is 58.6 Å². The summed E-state index contributed by atoms with van der Waals surface area (Å²) in [5.41, 5.74) is 2.53. The van der Waals surface area contributed by atoms with Crippen LogP contribution in [0.2, 0.25) is 0 Å². The number of benzene rings is 2. The van der Waals surface area contributed by atoms with Crippen LogP contribution in [0.15, 0.2) is 48.5 Å². The standard InChI is InChI=1S/C19H23NO3/c1-14(2)13-23-18-5-3-4-16(10-18)12-20-11-15-6-8-17(9-7-15)19(21)22/h3-10,14,20H,11-13H2,1-2H3,(H,21,22). The SMILES string of the molecule is CC(C)COc1cccc(CNCc2ccc(C(=O)O)cc2)c1. The van der Waals surface area contributed by atoms with E-state index in [1.165, 1.54) is 0 Å². The van der Waals surface area contributed by atoms with E-state index in [4.69, 9.17) is 9.84 Å². The second-order valence-electron chi connectivity index (χ2n) is 5.96. The molecule has 23 heavy (non-hydrogen) atoms. The average molecular weight is 313 g/mol. The van der Waals surface area contributed by atoms with E-state index in [1.807, 2.05) is 30.3 Å². The third kappa shape index (κ3) is 5.75. The summed E-state index contributed by atoms with van der Waals surface area (Å²) in [4.78, 5) is 10.8. The predicted molar refractivity (Wildman–Crippen MR) is 90.7 cm³/mol. The third-order valence-electron chi connectivity index (χ3n) is 3.34. The van der Waals surface area contributed by atoms with E-state index in [2.05, 4.69) is 25.2 Å². The van der Waals surface area contributed by atoms with E-state index < -0.39 is 5.97 Å². The molecule has 0 aliphatic carbocycles. The number of rotatable bonds is 8. The molecular weight excluding hydrogens is 290 g/mol. The molecule has 2 aromatic carbocycles. The van der Waals surface area contributed by atoms with Gasteiger partial charge in [-0.1, -0.05) is 38.1 Å². The summed E-state index contributed by atoms with van der Waals surface area (Å²) in [6.45, 7) is 6.39. The Hall–Kier alpha value is -2.33. The molecule has 2 aromatic rings. The molecule has 0 saturated carbocycles. The summed E-state index contributed by atoms with van der Waals surface area (Å²) in [7, 11) is 0. The normalized spacial score (nSPS) is 10.7. The lowest BCUT2D eigenvalue weighted by Gasteiger charge is -2.10. The maximum atomic E-state index is 10.8. The molecule has 0 radical (unpaired) electrons. The van der Waals surface area contributed by atoms with Crippen LogP contribution in [0.5, 0.6) is 5.75 Å². The van der Waals surface area contributed by atoms with E-state index >= 15 is 0 Å². The van der Waals surface area contributed by atoms with Gasteiger partial charge in [0.1, 0.15) is 5.75 Å². The number of carboxylic acids is 1. The summed E-state index contributed by atoms with van der Waals surface area (Å²) < 4.78 is 5.72. The van der Waals surface area contributed by atoms with Crippen molar-refractivity contribution in [1.29, 1.82) is 0 Å². The largest absolute Gasteiger partial charge is 0.493 e. The summed E-state index contributed by atoms with van der Waals surface area (Å²) >= 11 is 0. The van der Waals surface area contributed by atoms with E-state index in [9.17, 15) is 4.79 Å². The summed E-state index contributed by atoms with van der Waals surface area (Å²) in [5.74, 6) is 0.497. The van der Waals surface area contributed by atoms with E-state index in [0.717, 1.165) is 23.4 Å². The highest BCUT2D eigenvalue weighted by atomic mass is 16.5. The summed E-state index contributed by atoms with van der Waals surface area (Å²) in [6.07, 6.45) is 0. The van der Waals surface area contributed by atoms with Crippen molar-refractivity contribution in [2.45, 2.75) is 26.9 Å². The molecule has 4 nitrogen and oxygen atoms in total. The van der Waals surface area contributed by atoms with Crippen molar-refractivity contribution in [2.75, 3.05) is 6.61 Å². The first-order valence-electron chi connectivity index (χ1n) is 7.79. The lowest BCUT2D eigenvalue weighted by atomic mass is 10.1. The second kappa shape index (κ2) is 8.34. The smallest absolute Gasteiger partial charge is 0.335 e. The number of nitrogens with one attached hydrogen (secondary N) is 1. The van der Waals surface area contributed by atoms with Crippen LogP contribution >= 0.6 is 0 Å². The van der Waals surface area contributed by atoms with Gasteiger partial charge in [-0.05, 0) is 41.3 Å². The van der Waals surface area contributed by atoms with Crippen LogP contribution in [0, 0.1) is 5.92 Å². The van der Waals surface area contributed by atoms with Gasteiger partial charge in [0, 0.05) is 13.1 Å². The van der Waals surface area contributed by atoms with Crippen molar-refractivity contribution < 1.29 is 14.6 Å². The minimum atomic E-state index is -0.900. The number of ether oxygens (including phenoxy) is 1. The molecule has 122 valence electrons. The molecule has 0 aliphatic rings. The van der Waals surface area contributed by atoms with Gasteiger partial charge in [-0.3, -0.25) is 0 Å². The van der Waals surface area contributed by atoms with Crippen molar-refractivity contribution in [3.63, 3.8) is 0 Å². The van der Waals surface area contributed by atoms with Gasteiger partial charge in [0.05, 0.1) is 12.2 Å². The first-order chi connectivity index (χ1) is 11.0. The average Bonchev–Trinajstić information content (AvgIpc) is 2.54. The Morgan fingerprint density at radius 1 is 1.09 bits per heavy atom. The molecule has 0 fully saturated rings. The first kappa shape index (κ1) is 17.0. The second-order valence-corrected chi connectivity index (χ2v) is 5.96. The Bertz CT molecular complexity index is 635. The zero-order valence-corrected chi connectivity index (χ0v) is 13.6. The van der Waals surface area contributed by atoms with Crippen molar-refractivity contribution in [1.82, 2.24) is 5.32 Å². The number of aromatic carboxylic acids is 1. The van der Waals surface area contributed by atoms with Gasteiger partial charge in [0.2, 0.25) is 0 Å². The van der Waals surface area contributed by atoms with E-state index in [-0.39, 0.29) is 0 Å². The molecule has 0 unspecified atom stereocenters. The predicted octanol–water partition coefficient (Wildman–Crippen LogP) is 3.71. The van der Waals surface area contributed by atoms with Gasteiger partial charge in [-0.2, -0.15) is 0 Å². The molecule has 2 N–H and O–H groups in total. The van der Waals surface area contributed by atoms with Gasteiger partial charge in [-0.15, -0.1) is 0 Å². The fraction of sp³-hybridized carbons (Fsp3) is 0.316. The molecule has 0 aromatic heterocycles. The van der Waals surface area contributed by atoms with Crippen molar-refractivity contribution >= 4 is 5.97 Å². The van der Waals surface area contributed by atoms with Gasteiger partial charge in [-0.25, -0.2) is 4.79 Å². The Morgan fingerprint density at radius 2 is 1.78 bits per heavy atom. The molecule has 2 rings (SSSR count). The van der Waals surface area contributed by atoms with Crippen LogP contribution in [0.1, 0.15) is 35.3 Å². The number of carboxylic acid groups (broad SMARTS) is 1.